The number of benzene rings is 2. The molecule has 0 saturated heterocycles. The van der Waals surface area contributed by atoms with Crippen LogP contribution < -0.4 is 0 Å². The fourth-order valence-electron chi connectivity index (χ4n) is 2.04. The Labute approximate surface area is 139 Å². The quantitative estimate of drug-likeness (QED) is 0.411. The molecule has 0 unspecified atom stereocenters. The zero-order valence-corrected chi connectivity index (χ0v) is 16.8. The molecule has 0 radical (unpaired) electrons. The molecule has 0 nitrogen and oxygen atoms in total. The fourth-order valence-corrected chi connectivity index (χ4v) is 8.39. The van der Waals surface area contributed by atoms with Crippen molar-refractivity contribution < 1.29 is 0 Å². The van der Waals surface area contributed by atoms with Gasteiger partial charge in [0.1, 0.15) is 0 Å². The van der Waals surface area contributed by atoms with Crippen molar-refractivity contribution in [3.8, 4) is 0 Å². The zero-order chi connectivity index (χ0) is 14.7. The molecule has 2 heteroatoms. The van der Waals surface area contributed by atoms with Crippen molar-refractivity contribution >= 4 is 34.5 Å². The summed E-state index contributed by atoms with van der Waals surface area (Å²) in [7, 11) is 0. The summed E-state index contributed by atoms with van der Waals surface area (Å²) < 4.78 is 3.08. The third-order valence-electron chi connectivity index (χ3n) is 3.46. The summed E-state index contributed by atoms with van der Waals surface area (Å²) >= 11 is 1.45. The van der Waals surface area contributed by atoms with Gasteiger partial charge in [0.15, 0.2) is 0 Å². The van der Waals surface area contributed by atoms with E-state index < -0.39 is 15.8 Å². The third kappa shape index (κ3) is 3.97. The Morgan fingerprint density at radius 2 is 0.950 bits per heavy atom. The van der Waals surface area contributed by atoms with Gasteiger partial charge in [0.05, 0.1) is 0 Å². The summed E-state index contributed by atoms with van der Waals surface area (Å²) in [6.45, 7) is 9.00. The van der Waals surface area contributed by atoms with E-state index in [0.29, 0.717) is 11.8 Å². The Morgan fingerprint density at radius 3 is 1.20 bits per heavy atom. The Bertz CT molecular complexity index is 487. The van der Waals surface area contributed by atoms with Crippen molar-refractivity contribution in [2.24, 2.45) is 0 Å². The van der Waals surface area contributed by atoms with Gasteiger partial charge in [0.25, 0.3) is 0 Å². The Kier molecular flexibility index (Phi) is 5.90. The second-order valence-electron chi connectivity index (χ2n) is 5.65. The van der Waals surface area contributed by atoms with Crippen LogP contribution in [0, 0.1) is 7.14 Å². The first-order valence-electron chi connectivity index (χ1n) is 7.05. The predicted octanol–water partition coefficient (Wildman–Crippen LogP) is 6.83. The second kappa shape index (κ2) is 7.25. The van der Waals surface area contributed by atoms with Crippen LogP contribution in [0.4, 0.5) is 0 Å². The first-order chi connectivity index (χ1) is 9.49. The third-order valence-corrected chi connectivity index (χ3v) is 13.4. The van der Waals surface area contributed by atoms with E-state index in [1.54, 1.807) is 0 Å². The van der Waals surface area contributed by atoms with Gasteiger partial charge in [-0.1, -0.05) is 0 Å². The van der Waals surface area contributed by atoms with Crippen LogP contribution in [-0.4, -0.2) is 0 Å². The van der Waals surface area contributed by atoms with E-state index in [2.05, 4.69) is 94.8 Å². The van der Waals surface area contributed by atoms with Crippen molar-refractivity contribution in [1.29, 1.82) is 0 Å². The van der Waals surface area contributed by atoms with E-state index in [4.69, 9.17) is 0 Å². The van der Waals surface area contributed by atoms with Crippen molar-refractivity contribution in [3.05, 3.63) is 66.8 Å². The molecule has 0 aromatic heterocycles. The zero-order valence-electron chi connectivity index (χ0n) is 12.5. The normalized spacial score (nSPS) is 12.1. The standard InChI is InChI=1S/C18H22I2/c1-13(2)15-5-9-17(10-6-15)20(19)18-11-7-16(8-12-18)14(3)4/h5-14H,1-4H3. The van der Waals surface area contributed by atoms with E-state index in [9.17, 15) is 0 Å². The summed E-state index contributed by atoms with van der Waals surface area (Å²) in [6.07, 6.45) is 0. The van der Waals surface area contributed by atoms with Crippen LogP contribution in [0.3, 0.4) is 0 Å². The van der Waals surface area contributed by atoms with E-state index in [1.165, 1.54) is 18.3 Å². The van der Waals surface area contributed by atoms with Gasteiger partial charge in [-0.2, -0.15) is 0 Å². The SMILES string of the molecule is CC(C)c1ccc(I(I)c2ccc(C(C)C)cc2)cc1. The van der Waals surface area contributed by atoms with Crippen LogP contribution in [0.15, 0.2) is 48.5 Å². The molecule has 0 N–H and O–H groups in total. The average Bonchev–Trinajstić information content (AvgIpc) is 2.46. The van der Waals surface area contributed by atoms with Gasteiger partial charge in [0, 0.05) is 0 Å². The molecule has 108 valence electrons. The fraction of sp³-hybridized carbons (Fsp3) is 0.333. The van der Waals surface area contributed by atoms with Crippen molar-refractivity contribution in [1.82, 2.24) is 0 Å². The van der Waals surface area contributed by atoms with E-state index in [1.807, 2.05) is 0 Å². The van der Waals surface area contributed by atoms with Gasteiger partial charge in [-0.25, -0.2) is 0 Å². The summed E-state index contributed by atoms with van der Waals surface area (Å²) in [4.78, 5) is 0. The summed E-state index contributed by atoms with van der Waals surface area (Å²) in [6, 6.07) is 18.5. The minimum atomic E-state index is -1.24. The number of rotatable bonds is 4. The predicted molar refractivity (Wildman–Crippen MR) is 106 cm³/mol. The maximum absolute atomic E-state index is 2.69. The Balaban J connectivity index is 2.19. The average molecular weight is 492 g/mol. The first-order valence-corrected chi connectivity index (χ1v) is 15.5. The van der Waals surface area contributed by atoms with Crippen LogP contribution in [0.25, 0.3) is 0 Å². The first kappa shape index (κ1) is 16.3. The molecular weight excluding hydrogens is 470 g/mol. The Morgan fingerprint density at radius 1 is 0.650 bits per heavy atom. The molecule has 0 saturated carbocycles. The molecule has 0 fully saturated rings. The Hall–Kier alpha value is -0.100. The molecule has 2 aromatic carbocycles. The molecule has 2 aromatic rings. The molecule has 2 rings (SSSR count). The molecule has 0 aliphatic rings. The number of hydrogen-bond donors (Lipinski definition) is 0. The van der Waals surface area contributed by atoms with Gasteiger partial charge >= 0.3 is 141 Å². The van der Waals surface area contributed by atoms with Crippen LogP contribution in [-0.2, 0) is 0 Å². The van der Waals surface area contributed by atoms with Crippen LogP contribution in [0.5, 0.6) is 0 Å². The minimum absolute atomic E-state index is 0.617. The number of hydrogen-bond acceptors (Lipinski definition) is 0. The van der Waals surface area contributed by atoms with Gasteiger partial charge < -0.3 is 0 Å². The molecule has 0 heterocycles. The van der Waals surface area contributed by atoms with Gasteiger partial charge in [-0.15, -0.1) is 0 Å². The van der Waals surface area contributed by atoms with Crippen molar-refractivity contribution in [2.45, 2.75) is 39.5 Å². The molecule has 0 amide bonds. The summed E-state index contributed by atoms with van der Waals surface area (Å²) in [5.74, 6) is 1.23. The molecule has 0 aliphatic carbocycles. The van der Waals surface area contributed by atoms with Crippen molar-refractivity contribution in [3.63, 3.8) is 0 Å². The van der Waals surface area contributed by atoms with Crippen LogP contribution in [0.2, 0.25) is 0 Å². The molecule has 20 heavy (non-hydrogen) atoms. The van der Waals surface area contributed by atoms with Gasteiger partial charge in [0.2, 0.25) is 0 Å². The maximum atomic E-state index is 2.69. The molecule has 0 atom stereocenters. The van der Waals surface area contributed by atoms with Gasteiger partial charge in [-0.05, 0) is 0 Å². The monoisotopic (exact) mass is 492 g/mol. The number of halogens is 2. The summed E-state index contributed by atoms with van der Waals surface area (Å²) in [5, 5.41) is 0. The van der Waals surface area contributed by atoms with E-state index in [-0.39, 0.29) is 0 Å². The second-order valence-corrected chi connectivity index (χ2v) is 15.0. The van der Waals surface area contributed by atoms with Gasteiger partial charge in [-0.3, -0.25) is 0 Å². The van der Waals surface area contributed by atoms with Crippen molar-refractivity contribution in [2.75, 3.05) is 0 Å². The van der Waals surface area contributed by atoms with E-state index >= 15 is 0 Å². The van der Waals surface area contributed by atoms with Crippen LogP contribution >= 0.6 is 34.5 Å². The van der Waals surface area contributed by atoms with E-state index in [0.717, 1.165) is 0 Å². The summed E-state index contributed by atoms with van der Waals surface area (Å²) in [5.41, 5.74) is 2.87. The molecule has 0 spiro atoms. The van der Waals surface area contributed by atoms with Crippen LogP contribution in [0.1, 0.15) is 50.7 Å². The molecular formula is C18H22I2. The topological polar surface area (TPSA) is 0 Å². The molecule has 0 aliphatic heterocycles. The molecule has 0 bridgehead atoms.